The highest BCUT2D eigenvalue weighted by Crippen LogP contribution is 2.25. The topological polar surface area (TPSA) is 21.3 Å². The normalized spacial score (nSPS) is 28.8. The molecule has 1 fully saturated rings. The first-order valence-electron chi connectivity index (χ1n) is 4.88. The van der Waals surface area contributed by atoms with Crippen LogP contribution in [-0.4, -0.2) is 25.8 Å². The molecule has 1 saturated heterocycles. The largest absolute Gasteiger partial charge is 0.385 e. The lowest BCUT2D eigenvalue weighted by molar-refractivity contribution is 0.146. The third-order valence-corrected chi connectivity index (χ3v) is 2.69. The van der Waals surface area contributed by atoms with E-state index in [1.165, 1.54) is 25.8 Å². The fourth-order valence-electron chi connectivity index (χ4n) is 2.04. The summed E-state index contributed by atoms with van der Waals surface area (Å²) in [5.74, 6) is 0.862. The Bertz CT molecular complexity index is 134. The van der Waals surface area contributed by atoms with Crippen LogP contribution in [0.5, 0.6) is 0 Å². The van der Waals surface area contributed by atoms with Gasteiger partial charge in [-0.15, -0.1) is 0 Å². The van der Waals surface area contributed by atoms with E-state index in [4.69, 9.17) is 4.74 Å². The maximum absolute atomic E-state index is 5.09. The lowest BCUT2D eigenvalue weighted by Gasteiger charge is -2.36. The summed E-state index contributed by atoms with van der Waals surface area (Å²) < 4.78 is 5.09. The molecule has 0 aromatic heterocycles. The molecule has 1 aliphatic heterocycles. The van der Waals surface area contributed by atoms with E-state index in [0.29, 0.717) is 5.54 Å². The van der Waals surface area contributed by atoms with Gasteiger partial charge in [0.1, 0.15) is 0 Å². The molecule has 0 aromatic rings. The summed E-state index contributed by atoms with van der Waals surface area (Å²) in [4.78, 5) is 0. The van der Waals surface area contributed by atoms with E-state index in [1.54, 1.807) is 7.11 Å². The summed E-state index contributed by atoms with van der Waals surface area (Å²) in [5.41, 5.74) is 0.344. The molecule has 1 atom stereocenters. The highest BCUT2D eigenvalue weighted by atomic mass is 16.5. The van der Waals surface area contributed by atoms with E-state index in [2.05, 4.69) is 19.2 Å². The van der Waals surface area contributed by atoms with Gasteiger partial charge in [0.25, 0.3) is 0 Å². The maximum atomic E-state index is 5.09. The minimum Gasteiger partial charge on any atom is -0.385 e. The van der Waals surface area contributed by atoms with Crippen molar-refractivity contribution in [2.75, 3.05) is 20.3 Å². The molecule has 2 nitrogen and oxygen atoms in total. The Morgan fingerprint density at radius 1 is 1.50 bits per heavy atom. The lowest BCUT2D eigenvalue weighted by Crippen LogP contribution is -2.46. The molecule has 0 bridgehead atoms. The van der Waals surface area contributed by atoms with Gasteiger partial charge in [-0.25, -0.2) is 0 Å². The van der Waals surface area contributed by atoms with Gasteiger partial charge < -0.3 is 10.1 Å². The predicted molar refractivity (Wildman–Crippen MR) is 51.3 cm³/mol. The second-order valence-corrected chi connectivity index (χ2v) is 4.45. The molecule has 0 spiro atoms. The summed E-state index contributed by atoms with van der Waals surface area (Å²) in [6.45, 7) is 6.65. The number of hydrogen-bond donors (Lipinski definition) is 1. The van der Waals surface area contributed by atoms with Crippen molar-refractivity contribution >= 4 is 0 Å². The molecule has 0 aliphatic carbocycles. The molecule has 2 heteroatoms. The van der Waals surface area contributed by atoms with E-state index < -0.39 is 0 Å². The number of methoxy groups -OCH3 is 1. The van der Waals surface area contributed by atoms with Gasteiger partial charge in [0.2, 0.25) is 0 Å². The molecule has 1 heterocycles. The van der Waals surface area contributed by atoms with Crippen LogP contribution < -0.4 is 5.32 Å². The number of piperidine rings is 1. The Kier molecular flexibility index (Phi) is 3.53. The first kappa shape index (κ1) is 10.0. The zero-order valence-corrected chi connectivity index (χ0v) is 8.52. The molecule has 0 aromatic carbocycles. The zero-order valence-electron chi connectivity index (χ0n) is 8.52. The smallest absolute Gasteiger partial charge is 0.0464 e. The molecular weight excluding hydrogens is 150 g/mol. The average Bonchev–Trinajstić information content (AvgIpc) is 1.99. The van der Waals surface area contributed by atoms with E-state index >= 15 is 0 Å². The van der Waals surface area contributed by atoms with Crippen LogP contribution in [0.25, 0.3) is 0 Å². The van der Waals surface area contributed by atoms with Crippen LogP contribution in [-0.2, 0) is 4.74 Å². The standard InChI is InChI=1S/C10H21NO/c1-10(2)8-9(4-6-11-10)5-7-12-3/h9,11H,4-8H2,1-3H3. The molecule has 0 amide bonds. The number of nitrogens with one attached hydrogen (secondary N) is 1. The quantitative estimate of drug-likeness (QED) is 0.699. The Morgan fingerprint density at radius 3 is 2.83 bits per heavy atom. The second kappa shape index (κ2) is 4.24. The van der Waals surface area contributed by atoms with Crippen LogP contribution in [0.4, 0.5) is 0 Å². The van der Waals surface area contributed by atoms with Crippen LogP contribution in [0.2, 0.25) is 0 Å². The summed E-state index contributed by atoms with van der Waals surface area (Å²) >= 11 is 0. The average molecular weight is 171 g/mol. The molecule has 1 rings (SSSR count). The molecule has 1 aliphatic rings. The summed E-state index contributed by atoms with van der Waals surface area (Å²) in [6.07, 6.45) is 3.82. The number of ether oxygens (including phenoxy) is 1. The monoisotopic (exact) mass is 171 g/mol. The third kappa shape index (κ3) is 3.11. The van der Waals surface area contributed by atoms with Crippen molar-refractivity contribution in [3.05, 3.63) is 0 Å². The number of hydrogen-bond acceptors (Lipinski definition) is 2. The molecule has 1 unspecified atom stereocenters. The van der Waals surface area contributed by atoms with E-state index in [0.717, 1.165) is 12.5 Å². The van der Waals surface area contributed by atoms with Gasteiger partial charge in [0.15, 0.2) is 0 Å². The minimum absolute atomic E-state index is 0.344. The van der Waals surface area contributed by atoms with Crippen LogP contribution in [0.1, 0.15) is 33.1 Å². The third-order valence-electron chi connectivity index (χ3n) is 2.69. The van der Waals surface area contributed by atoms with E-state index in [-0.39, 0.29) is 0 Å². The summed E-state index contributed by atoms with van der Waals surface area (Å²) in [5, 5.41) is 3.52. The minimum atomic E-state index is 0.344. The Labute approximate surface area is 75.7 Å². The van der Waals surface area contributed by atoms with Crippen molar-refractivity contribution in [3.8, 4) is 0 Å². The predicted octanol–water partition coefficient (Wildman–Crippen LogP) is 1.80. The molecule has 1 N–H and O–H groups in total. The second-order valence-electron chi connectivity index (χ2n) is 4.45. The van der Waals surface area contributed by atoms with Crippen LogP contribution in [0, 0.1) is 5.92 Å². The maximum Gasteiger partial charge on any atom is 0.0464 e. The molecule has 12 heavy (non-hydrogen) atoms. The molecular formula is C10H21NO. The van der Waals surface area contributed by atoms with Crippen molar-refractivity contribution in [2.24, 2.45) is 5.92 Å². The van der Waals surface area contributed by atoms with Gasteiger partial charge in [-0.3, -0.25) is 0 Å². The van der Waals surface area contributed by atoms with Gasteiger partial charge in [0.05, 0.1) is 0 Å². The van der Waals surface area contributed by atoms with Crippen LogP contribution in [0.3, 0.4) is 0 Å². The molecule has 0 saturated carbocycles. The van der Waals surface area contributed by atoms with Gasteiger partial charge in [-0.2, -0.15) is 0 Å². The SMILES string of the molecule is COCCC1CCNC(C)(C)C1. The summed E-state index contributed by atoms with van der Waals surface area (Å²) in [7, 11) is 1.78. The van der Waals surface area contributed by atoms with E-state index in [9.17, 15) is 0 Å². The highest BCUT2D eigenvalue weighted by molar-refractivity contribution is 4.85. The fraction of sp³-hybridized carbons (Fsp3) is 1.00. The Balaban J connectivity index is 2.26. The van der Waals surface area contributed by atoms with Crippen molar-refractivity contribution in [1.82, 2.24) is 5.32 Å². The molecule has 72 valence electrons. The van der Waals surface area contributed by atoms with Gasteiger partial charge in [0, 0.05) is 19.3 Å². The van der Waals surface area contributed by atoms with Crippen molar-refractivity contribution < 1.29 is 4.74 Å². The first-order chi connectivity index (χ1) is 5.64. The van der Waals surface area contributed by atoms with Crippen LogP contribution in [0.15, 0.2) is 0 Å². The fourth-order valence-corrected chi connectivity index (χ4v) is 2.04. The Hall–Kier alpha value is -0.0800. The highest BCUT2D eigenvalue weighted by Gasteiger charge is 2.26. The van der Waals surface area contributed by atoms with Crippen molar-refractivity contribution in [3.63, 3.8) is 0 Å². The van der Waals surface area contributed by atoms with Gasteiger partial charge in [-0.05, 0) is 45.6 Å². The van der Waals surface area contributed by atoms with Crippen molar-refractivity contribution in [2.45, 2.75) is 38.6 Å². The van der Waals surface area contributed by atoms with E-state index in [1.807, 2.05) is 0 Å². The Morgan fingerprint density at radius 2 is 2.25 bits per heavy atom. The first-order valence-corrected chi connectivity index (χ1v) is 4.88. The summed E-state index contributed by atoms with van der Waals surface area (Å²) in [6, 6.07) is 0. The van der Waals surface area contributed by atoms with Gasteiger partial charge >= 0.3 is 0 Å². The zero-order chi connectivity index (χ0) is 9.03. The lowest BCUT2D eigenvalue weighted by atomic mass is 9.83. The van der Waals surface area contributed by atoms with Gasteiger partial charge in [-0.1, -0.05) is 0 Å². The van der Waals surface area contributed by atoms with Crippen molar-refractivity contribution in [1.29, 1.82) is 0 Å². The number of rotatable bonds is 3. The molecule has 0 radical (unpaired) electrons. The van der Waals surface area contributed by atoms with Crippen LogP contribution >= 0.6 is 0 Å².